The second-order valence-electron chi connectivity index (χ2n) is 8.32. The summed E-state index contributed by atoms with van der Waals surface area (Å²) in [6, 6.07) is 8.11. The minimum atomic E-state index is -1.46. The smallest absolute Gasteiger partial charge is 0.341 e. The van der Waals surface area contributed by atoms with Gasteiger partial charge in [0.15, 0.2) is 5.82 Å². The van der Waals surface area contributed by atoms with E-state index in [4.69, 9.17) is 4.74 Å². The highest BCUT2D eigenvalue weighted by Crippen LogP contribution is 2.32. The molecule has 2 aliphatic heterocycles. The van der Waals surface area contributed by atoms with E-state index in [-0.39, 0.29) is 16.6 Å². The van der Waals surface area contributed by atoms with Crippen LogP contribution in [0.15, 0.2) is 41.3 Å². The Balaban J connectivity index is 1.70. The first kappa shape index (κ1) is 22.3. The zero-order valence-corrected chi connectivity index (χ0v) is 18.4. The van der Waals surface area contributed by atoms with Gasteiger partial charge in [-0.25, -0.2) is 13.6 Å². The summed E-state index contributed by atoms with van der Waals surface area (Å²) in [5, 5.41) is 12.4. The van der Waals surface area contributed by atoms with Crippen LogP contribution >= 0.6 is 0 Å². The third-order valence-electron chi connectivity index (χ3n) is 6.32. The molecule has 2 N–H and O–H groups in total. The van der Waals surface area contributed by atoms with Gasteiger partial charge in [-0.1, -0.05) is 0 Å². The first-order chi connectivity index (χ1) is 16.5. The van der Waals surface area contributed by atoms with Crippen LogP contribution < -0.4 is 20.5 Å². The number of ether oxygens (including phenoxy) is 1. The highest BCUT2D eigenvalue weighted by atomic mass is 19.1. The molecule has 2 aromatic carbocycles. The van der Waals surface area contributed by atoms with E-state index in [2.05, 4.69) is 10.2 Å². The maximum absolute atomic E-state index is 15.9. The number of nitrogens with one attached hydrogen (secondary N) is 1. The summed E-state index contributed by atoms with van der Waals surface area (Å²) in [5.41, 5.74) is -0.434. The Bertz CT molecular complexity index is 1300. The van der Waals surface area contributed by atoms with Gasteiger partial charge in [-0.2, -0.15) is 0 Å². The SMILES string of the molecule is O=C(O)c1cn(-c2ccc(N3CCOCC3)cc2)c2c(F)c(N3CCNCC3)c(F)cc2c1=O. The lowest BCUT2D eigenvalue weighted by Crippen LogP contribution is -2.44. The molecule has 0 atom stereocenters. The summed E-state index contributed by atoms with van der Waals surface area (Å²) in [7, 11) is 0. The number of nitrogens with zero attached hydrogens (tertiary/aromatic N) is 3. The van der Waals surface area contributed by atoms with Crippen molar-refractivity contribution in [2.24, 2.45) is 0 Å². The summed E-state index contributed by atoms with van der Waals surface area (Å²) >= 11 is 0. The first-order valence-corrected chi connectivity index (χ1v) is 11.1. The summed E-state index contributed by atoms with van der Waals surface area (Å²) in [5.74, 6) is -3.23. The zero-order valence-electron chi connectivity index (χ0n) is 18.4. The van der Waals surface area contributed by atoms with Gasteiger partial charge in [0.25, 0.3) is 0 Å². The maximum Gasteiger partial charge on any atom is 0.341 e. The number of aromatic carboxylic acids is 1. The number of aromatic nitrogens is 1. The van der Waals surface area contributed by atoms with Gasteiger partial charge in [0, 0.05) is 56.8 Å². The van der Waals surface area contributed by atoms with Crippen molar-refractivity contribution in [3.05, 3.63) is 63.9 Å². The van der Waals surface area contributed by atoms with Crippen LogP contribution in [0.5, 0.6) is 0 Å². The largest absolute Gasteiger partial charge is 0.477 e. The van der Waals surface area contributed by atoms with E-state index in [9.17, 15) is 14.7 Å². The molecule has 0 spiro atoms. The number of carbonyl (C=O) groups is 1. The molecule has 0 bridgehead atoms. The van der Waals surface area contributed by atoms with Crippen LogP contribution in [0.3, 0.4) is 0 Å². The molecule has 178 valence electrons. The molecule has 1 aromatic heterocycles. The number of anilines is 2. The number of pyridine rings is 1. The Labute approximate surface area is 194 Å². The van der Waals surface area contributed by atoms with Crippen LogP contribution in [0.1, 0.15) is 10.4 Å². The molecule has 2 fully saturated rings. The molecule has 3 aromatic rings. The summed E-state index contributed by atoms with van der Waals surface area (Å²) < 4.78 is 37.7. The number of halogens is 2. The second-order valence-corrected chi connectivity index (χ2v) is 8.32. The van der Waals surface area contributed by atoms with Crippen molar-refractivity contribution in [3.8, 4) is 5.69 Å². The molecule has 5 rings (SSSR count). The van der Waals surface area contributed by atoms with E-state index in [1.54, 1.807) is 17.0 Å². The lowest BCUT2D eigenvalue weighted by atomic mass is 10.1. The maximum atomic E-state index is 15.9. The predicted octanol–water partition coefficient (Wildman–Crippen LogP) is 2.21. The number of carboxylic acid groups (broad SMARTS) is 1. The van der Waals surface area contributed by atoms with Crippen LogP contribution in [-0.2, 0) is 4.74 Å². The molecule has 34 heavy (non-hydrogen) atoms. The topological polar surface area (TPSA) is 87.0 Å². The van der Waals surface area contributed by atoms with Gasteiger partial charge in [-0.15, -0.1) is 0 Å². The number of benzene rings is 2. The third kappa shape index (κ3) is 3.88. The summed E-state index contributed by atoms with van der Waals surface area (Å²) in [6.07, 6.45) is 1.11. The van der Waals surface area contributed by atoms with Crippen molar-refractivity contribution in [2.75, 3.05) is 62.3 Å². The van der Waals surface area contributed by atoms with Crippen LogP contribution in [0.4, 0.5) is 20.2 Å². The Morgan fingerprint density at radius 1 is 0.971 bits per heavy atom. The summed E-state index contributed by atoms with van der Waals surface area (Å²) in [6.45, 7) is 4.70. The Morgan fingerprint density at radius 2 is 1.62 bits per heavy atom. The lowest BCUT2D eigenvalue weighted by Gasteiger charge is -2.30. The fourth-order valence-electron chi connectivity index (χ4n) is 4.58. The van der Waals surface area contributed by atoms with E-state index in [1.165, 1.54) is 4.57 Å². The van der Waals surface area contributed by atoms with Crippen molar-refractivity contribution >= 4 is 28.2 Å². The van der Waals surface area contributed by atoms with E-state index in [0.29, 0.717) is 45.1 Å². The molecule has 10 heteroatoms. The number of piperazine rings is 1. The number of fused-ring (bicyclic) bond motifs is 1. The third-order valence-corrected chi connectivity index (χ3v) is 6.32. The molecule has 2 saturated heterocycles. The number of rotatable bonds is 4. The quantitative estimate of drug-likeness (QED) is 0.605. The standard InChI is InChI=1S/C24H24F2N4O4/c25-19-13-17-21(20(26)22(19)29-7-5-27-6-8-29)30(14-18(23(17)31)24(32)33)16-3-1-15(2-4-16)28-9-11-34-12-10-28/h1-4,13-14,27H,5-12H2,(H,32,33). The molecule has 0 radical (unpaired) electrons. The highest BCUT2D eigenvalue weighted by Gasteiger charge is 2.26. The normalized spacial score (nSPS) is 16.8. The van der Waals surface area contributed by atoms with Crippen molar-refractivity contribution in [1.29, 1.82) is 0 Å². The molecule has 0 aliphatic carbocycles. The number of hydrogen-bond donors (Lipinski definition) is 2. The fourth-order valence-corrected chi connectivity index (χ4v) is 4.58. The van der Waals surface area contributed by atoms with Gasteiger partial charge in [0.2, 0.25) is 5.43 Å². The van der Waals surface area contributed by atoms with Crippen molar-refractivity contribution < 1.29 is 23.4 Å². The van der Waals surface area contributed by atoms with Crippen molar-refractivity contribution in [1.82, 2.24) is 9.88 Å². The molecule has 3 heterocycles. The number of carboxylic acids is 1. The lowest BCUT2D eigenvalue weighted by molar-refractivity contribution is 0.0695. The van der Waals surface area contributed by atoms with E-state index < -0.39 is 28.6 Å². The molecule has 0 amide bonds. The highest BCUT2D eigenvalue weighted by molar-refractivity contribution is 5.94. The zero-order chi connectivity index (χ0) is 23.8. The van der Waals surface area contributed by atoms with Crippen LogP contribution in [-0.4, -0.2) is 68.1 Å². The van der Waals surface area contributed by atoms with Crippen molar-refractivity contribution in [3.63, 3.8) is 0 Å². The molecule has 2 aliphatic rings. The van der Waals surface area contributed by atoms with E-state index >= 15 is 8.78 Å². The minimum absolute atomic E-state index is 0.149. The second kappa shape index (κ2) is 9.03. The fraction of sp³-hybridized carbons (Fsp3) is 0.333. The molecule has 0 unspecified atom stereocenters. The van der Waals surface area contributed by atoms with Crippen LogP contribution in [0, 0.1) is 11.6 Å². The molecular weight excluding hydrogens is 446 g/mol. The van der Waals surface area contributed by atoms with E-state index in [0.717, 1.165) is 31.0 Å². The molecule has 0 saturated carbocycles. The predicted molar refractivity (Wildman–Crippen MR) is 125 cm³/mol. The first-order valence-electron chi connectivity index (χ1n) is 11.1. The monoisotopic (exact) mass is 470 g/mol. The van der Waals surface area contributed by atoms with Gasteiger partial charge >= 0.3 is 5.97 Å². The average Bonchev–Trinajstić information content (AvgIpc) is 2.86. The average molecular weight is 470 g/mol. The van der Waals surface area contributed by atoms with Crippen molar-refractivity contribution in [2.45, 2.75) is 0 Å². The van der Waals surface area contributed by atoms with Gasteiger partial charge in [0.05, 0.1) is 24.1 Å². The Kier molecular flexibility index (Phi) is 5.93. The number of hydrogen-bond acceptors (Lipinski definition) is 6. The number of morpholine rings is 1. The Hall–Kier alpha value is -3.50. The van der Waals surface area contributed by atoms with Gasteiger partial charge < -0.3 is 29.5 Å². The van der Waals surface area contributed by atoms with Gasteiger partial charge in [-0.3, -0.25) is 4.79 Å². The molecule has 8 nitrogen and oxygen atoms in total. The minimum Gasteiger partial charge on any atom is -0.477 e. The van der Waals surface area contributed by atoms with Crippen LogP contribution in [0.25, 0.3) is 16.6 Å². The van der Waals surface area contributed by atoms with Gasteiger partial charge in [-0.05, 0) is 30.3 Å². The summed E-state index contributed by atoms with van der Waals surface area (Å²) in [4.78, 5) is 28.3. The molecular formula is C24H24F2N4O4. The Morgan fingerprint density at radius 3 is 2.26 bits per heavy atom. The van der Waals surface area contributed by atoms with Gasteiger partial charge in [0.1, 0.15) is 17.1 Å². The van der Waals surface area contributed by atoms with E-state index in [1.807, 2.05) is 12.1 Å². The van der Waals surface area contributed by atoms with Crippen LogP contribution in [0.2, 0.25) is 0 Å².